The number of unbranched alkanes of at least 4 members (excludes halogenated alkanes) is 4. The van der Waals surface area contributed by atoms with Crippen molar-refractivity contribution in [2.24, 2.45) is 0 Å². The first-order chi connectivity index (χ1) is 28.4. The third kappa shape index (κ3) is 14.7. The third-order valence-corrected chi connectivity index (χ3v) is 10.5. The summed E-state index contributed by atoms with van der Waals surface area (Å²) in [5, 5.41) is 12.8. The molecule has 3 aliphatic rings. The lowest BCUT2D eigenvalue weighted by atomic mass is 9.91. The highest BCUT2D eigenvalue weighted by atomic mass is 19.4. The van der Waals surface area contributed by atoms with E-state index < -0.39 is 90.9 Å². The normalized spacial score (nSPS) is 21.9. The minimum Gasteiger partial charge on any atom is -0.460 e. The maximum Gasteiger partial charge on any atom is 0.422 e. The van der Waals surface area contributed by atoms with Crippen LogP contribution in [0.5, 0.6) is 0 Å². The van der Waals surface area contributed by atoms with E-state index in [2.05, 4.69) is 23.9 Å². The smallest absolute Gasteiger partial charge is 0.422 e. The SMILES string of the molecule is CCCCCC1(CCCCC)OC2C=C(C(=O)N3CCCC3C(=O)NC(CO)CCC(=O)OC(C)(C)C)CC(OC(=O)c3ccc(C=CC(=O)OCC(F)(F)F)cc3)C2O1. The van der Waals surface area contributed by atoms with Crippen molar-refractivity contribution in [3.8, 4) is 0 Å². The largest absolute Gasteiger partial charge is 0.460 e. The molecule has 0 spiro atoms. The van der Waals surface area contributed by atoms with E-state index in [0.29, 0.717) is 43.4 Å². The number of hydrogen-bond acceptors (Lipinski definition) is 11. The van der Waals surface area contributed by atoms with Gasteiger partial charge in [-0.1, -0.05) is 51.7 Å². The Morgan fingerprint density at radius 3 is 2.27 bits per heavy atom. The molecule has 1 aliphatic carbocycles. The van der Waals surface area contributed by atoms with Crippen LogP contribution in [-0.4, -0.2) is 107 Å². The standard InChI is InChI=1S/C44H61F3N2O11/c1-6-8-10-22-43(23-11-9-7-2)58-35-26-31(40(54)49-24-12-13-33(49)39(53)48-32(27-50)19-21-37(52)59-42(3,4)5)25-34(38(35)60-43)57-41(55)30-17-14-29(15-18-30)16-20-36(51)56-28-44(45,46)47/h14-18,20,26,32-35,38,50H,6-13,19,21-25,27-28H2,1-5H3,(H,48,53). The van der Waals surface area contributed by atoms with Gasteiger partial charge < -0.3 is 39.0 Å². The second-order valence-electron chi connectivity index (χ2n) is 16.7. The summed E-state index contributed by atoms with van der Waals surface area (Å²) in [6.45, 7) is 7.63. The van der Waals surface area contributed by atoms with Crippen molar-refractivity contribution in [3.63, 3.8) is 0 Å². The van der Waals surface area contributed by atoms with Gasteiger partial charge in [-0.15, -0.1) is 0 Å². The van der Waals surface area contributed by atoms with Crippen molar-refractivity contribution in [1.82, 2.24) is 10.2 Å². The number of carbonyl (C=O) groups excluding carboxylic acids is 5. The molecule has 13 nitrogen and oxygen atoms in total. The number of rotatable bonds is 20. The molecule has 2 fully saturated rings. The minimum absolute atomic E-state index is 0.0158. The second-order valence-corrected chi connectivity index (χ2v) is 16.7. The summed E-state index contributed by atoms with van der Waals surface area (Å²) < 4.78 is 66.2. The van der Waals surface area contributed by atoms with Crippen molar-refractivity contribution >= 4 is 35.8 Å². The third-order valence-electron chi connectivity index (χ3n) is 10.5. The van der Waals surface area contributed by atoms with Gasteiger partial charge in [-0.25, -0.2) is 9.59 Å². The van der Waals surface area contributed by atoms with Crippen LogP contribution in [0, 0.1) is 0 Å². The number of nitrogens with one attached hydrogen (secondary N) is 1. The van der Waals surface area contributed by atoms with Gasteiger partial charge in [-0.3, -0.25) is 14.4 Å². The van der Waals surface area contributed by atoms with Crippen molar-refractivity contribution in [3.05, 3.63) is 53.1 Å². The number of likely N-dealkylation sites (tertiary alicyclic amines) is 1. The van der Waals surface area contributed by atoms with Gasteiger partial charge in [0.15, 0.2) is 12.4 Å². The van der Waals surface area contributed by atoms with E-state index in [4.69, 9.17) is 18.9 Å². The van der Waals surface area contributed by atoms with E-state index in [1.807, 2.05) is 0 Å². The van der Waals surface area contributed by atoms with E-state index in [1.54, 1.807) is 26.8 Å². The van der Waals surface area contributed by atoms with Gasteiger partial charge in [0.1, 0.15) is 30.0 Å². The monoisotopic (exact) mass is 850 g/mol. The van der Waals surface area contributed by atoms with Gasteiger partial charge in [0, 0.05) is 43.9 Å². The predicted molar refractivity (Wildman–Crippen MR) is 214 cm³/mol. The first-order valence-electron chi connectivity index (χ1n) is 21.1. The van der Waals surface area contributed by atoms with Crippen LogP contribution in [0.4, 0.5) is 13.2 Å². The van der Waals surface area contributed by atoms with E-state index in [0.717, 1.165) is 44.6 Å². The van der Waals surface area contributed by atoms with Crippen LogP contribution < -0.4 is 5.32 Å². The molecule has 2 amide bonds. The fourth-order valence-electron chi connectivity index (χ4n) is 7.55. The molecule has 1 aromatic rings. The van der Waals surface area contributed by atoms with E-state index in [1.165, 1.54) is 35.2 Å². The lowest BCUT2D eigenvalue weighted by Gasteiger charge is -2.33. The second kappa shape index (κ2) is 22.0. The summed E-state index contributed by atoms with van der Waals surface area (Å²) in [5.74, 6) is -4.17. The molecule has 2 saturated heterocycles. The number of aliphatic hydroxyl groups is 1. The van der Waals surface area contributed by atoms with Crippen LogP contribution in [0.2, 0.25) is 0 Å². The molecule has 5 unspecified atom stereocenters. The number of carbonyl (C=O) groups is 5. The van der Waals surface area contributed by atoms with Crippen LogP contribution in [0.25, 0.3) is 6.08 Å². The number of aliphatic hydroxyl groups excluding tert-OH is 1. The number of hydrogen-bond donors (Lipinski definition) is 2. The molecule has 0 bridgehead atoms. The average Bonchev–Trinajstić information content (AvgIpc) is 3.83. The number of amides is 2. The summed E-state index contributed by atoms with van der Waals surface area (Å²) in [7, 11) is 0. The molecular formula is C44H61F3N2O11. The Bertz CT molecular complexity index is 1680. The highest BCUT2D eigenvalue weighted by Crippen LogP contribution is 2.43. The molecule has 0 saturated carbocycles. The maximum absolute atomic E-state index is 14.4. The average molecular weight is 851 g/mol. The Kier molecular flexibility index (Phi) is 17.7. The van der Waals surface area contributed by atoms with Gasteiger partial charge in [-0.05, 0) is 82.7 Å². The number of halogens is 3. The molecule has 1 aromatic carbocycles. The Labute approximate surface area is 350 Å². The zero-order chi connectivity index (χ0) is 44.1. The van der Waals surface area contributed by atoms with Crippen LogP contribution in [0.3, 0.4) is 0 Å². The molecule has 0 radical (unpaired) electrons. The lowest BCUT2D eigenvalue weighted by molar-refractivity contribution is -0.190. The van der Waals surface area contributed by atoms with Crippen molar-refractivity contribution in [1.29, 1.82) is 0 Å². The van der Waals surface area contributed by atoms with E-state index in [9.17, 15) is 42.3 Å². The molecule has 2 heterocycles. The molecule has 2 N–H and O–H groups in total. The summed E-state index contributed by atoms with van der Waals surface area (Å²) in [6, 6.07) is 4.29. The Balaban J connectivity index is 1.52. The predicted octanol–water partition coefficient (Wildman–Crippen LogP) is 6.89. The summed E-state index contributed by atoms with van der Waals surface area (Å²) in [5.41, 5.74) is 0.183. The van der Waals surface area contributed by atoms with E-state index in [-0.39, 0.29) is 24.8 Å². The van der Waals surface area contributed by atoms with Gasteiger partial charge in [0.2, 0.25) is 11.8 Å². The molecule has 16 heteroatoms. The summed E-state index contributed by atoms with van der Waals surface area (Å²) in [6.07, 6.45) is 4.64. The van der Waals surface area contributed by atoms with Crippen molar-refractivity contribution in [2.45, 2.75) is 166 Å². The van der Waals surface area contributed by atoms with Gasteiger partial charge in [0.05, 0.1) is 18.2 Å². The van der Waals surface area contributed by atoms with Crippen LogP contribution >= 0.6 is 0 Å². The van der Waals surface area contributed by atoms with Crippen LogP contribution in [0.1, 0.15) is 134 Å². The lowest BCUT2D eigenvalue weighted by Crippen LogP contribution is -2.51. The first kappa shape index (κ1) is 48.4. The van der Waals surface area contributed by atoms with Crippen LogP contribution in [-0.2, 0) is 42.9 Å². The summed E-state index contributed by atoms with van der Waals surface area (Å²) in [4.78, 5) is 67.1. The molecule has 334 valence electrons. The highest BCUT2D eigenvalue weighted by molar-refractivity contribution is 5.98. The molecular weight excluding hydrogens is 789 g/mol. The molecule has 5 atom stereocenters. The Morgan fingerprint density at radius 2 is 1.67 bits per heavy atom. The number of alkyl halides is 3. The number of fused-ring (bicyclic) bond motifs is 1. The van der Waals surface area contributed by atoms with E-state index >= 15 is 0 Å². The molecule has 2 aliphatic heterocycles. The van der Waals surface area contributed by atoms with Crippen LogP contribution in [0.15, 0.2) is 42.0 Å². The topological polar surface area (TPSA) is 167 Å². The number of ether oxygens (including phenoxy) is 5. The fraction of sp³-hybridized carbons (Fsp3) is 0.659. The number of benzene rings is 1. The number of nitrogens with zero attached hydrogens (tertiary/aromatic N) is 1. The maximum atomic E-state index is 14.4. The zero-order valence-electron chi connectivity index (χ0n) is 35.4. The van der Waals surface area contributed by atoms with Gasteiger partial charge in [-0.2, -0.15) is 13.2 Å². The molecule has 0 aromatic heterocycles. The van der Waals surface area contributed by atoms with Crippen molar-refractivity contribution < 1.29 is 65.9 Å². The zero-order valence-corrected chi connectivity index (χ0v) is 35.4. The van der Waals surface area contributed by atoms with Gasteiger partial charge >= 0.3 is 24.1 Å². The van der Waals surface area contributed by atoms with Gasteiger partial charge in [0.25, 0.3) is 0 Å². The minimum atomic E-state index is -4.65. The van der Waals surface area contributed by atoms with Crippen molar-refractivity contribution in [2.75, 3.05) is 19.8 Å². The number of esters is 3. The fourth-order valence-corrected chi connectivity index (χ4v) is 7.55. The summed E-state index contributed by atoms with van der Waals surface area (Å²) >= 11 is 0. The molecule has 4 rings (SSSR count). The Morgan fingerprint density at radius 1 is 1.00 bits per heavy atom. The first-order valence-corrected chi connectivity index (χ1v) is 21.1. The quantitative estimate of drug-likeness (QED) is 0.0607. The highest BCUT2D eigenvalue weighted by Gasteiger charge is 2.53. The Hall–Kier alpha value is -4.28. The molecule has 60 heavy (non-hydrogen) atoms.